The van der Waals surface area contributed by atoms with Crippen molar-refractivity contribution >= 4 is 33.4 Å². The highest BCUT2D eigenvalue weighted by molar-refractivity contribution is 7.98. The molecular formula is C21H26N2O3S2. The van der Waals surface area contributed by atoms with Crippen molar-refractivity contribution in [1.82, 2.24) is 4.31 Å². The molecule has 1 amide bonds. The SMILES string of the molecule is CSc1ccccc1NC(=O)CN(C1CCCCC1)S(=O)(=O)c1ccccc1. The number of thioether (sulfide) groups is 1. The third-order valence-electron chi connectivity index (χ3n) is 5.01. The van der Waals surface area contributed by atoms with E-state index in [1.54, 1.807) is 42.1 Å². The van der Waals surface area contributed by atoms with Gasteiger partial charge in [-0.1, -0.05) is 49.6 Å². The zero-order valence-electron chi connectivity index (χ0n) is 16.0. The Morgan fingerprint density at radius 2 is 1.68 bits per heavy atom. The maximum Gasteiger partial charge on any atom is 0.243 e. The lowest BCUT2D eigenvalue weighted by Crippen LogP contribution is -2.45. The quantitative estimate of drug-likeness (QED) is 0.678. The summed E-state index contributed by atoms with van der Waals surface area (Å²) >= 11 is 1.54. The predicted octanol–water partition coefficient (Wildman–Crippen LogP) is 4.37. The van der Waals surface area contributed by atoms with Crippen LogP contribution in [0, 0.1) is 0 Å². The van der Waals surface area contributed by atoms with Crippen LogP contribution >= 0.6 is 11.8 Å². The van der Waals surface area contributed by atoms with Crippen molar-refractivity contribution in [2.24, 2.45) is 0 Å². The molecule has 0 heterocycles. The van der Waals surface area contributed by atoms with Gasteiger partial charge < -0.3 is 5.32 Å². The van der Waals surface area contributed by atoms with Gasteiger partial charge in [0, 0.05) is 10.9 Å². The summed E-state index contributed by atoms with van der Waals surface area (Å²) in [6.07, 6.45) is 6.62. The number of sulfonamides is 1. The molecule has 1 aliphatic rings. The van der Waals surface area contributed by atoms with E-state index < -0.39 is 10.0 Å². The summed E-state index contributed by atoms with van der Waals surface area (Å²) in [4.78, 5) is 14.0. The summed E-state index contributed by atoms with van der Waals surface area (Å²) in [6, 6.07) is 15.8. The van der Waals surface area contributed by atoms with Crippen molar-refractivity contribution in [3.8, 4) is 0 Å². The number of anilines is 1. The molecule has 0 radical (unpaired) electrons. The van der Waals surface area contributed by atoms with Crippen molar-refractivity contribution in [2.45, 2.75) is 47.9 Å². The third-order valence-corrected chi connectivity index (χ3v) is 7.72. The number of hydrogen-bond donors (Lipinski definition) is 1. The van der Waals surface area contributed by atoms with Gasteiger partial charge in [-0.15, -0.1) is 11.8 Å². The minimum absolute atomic E-state index is 0.138. The lowest BCUT2D eigenvalue weighted by atomic mass is 9.95. The standard InChI is InChI=1S/C21H26N2O3S2/c1-27-20-15-9-8-14-19(20)22-21(24)16-23(17-10-4-2-5-11-17)28(25,26)18-12-6-3-7-13-18/h3,6-9,12-15,17H,2,4-5,10-11,16H2,1H3,(H,22,24). The molecule has 0 spiro atoms. The normalized spacial score (nSPS) is 15.5. The number of amides is 1. The highest BCUT2D eigenvalue weighted by atomic mass is 32.2. The van der Waals surface area contributed by atoms with Gasteiger partial charge in [0.1, 0.15) is 0 Å². The van der Waals surface area contributed by atoms with Crippen LogP contribution in [0.2, 0.25) is 0 Å². The second kappa shape index (κ2) is 9.58. The number of hydrogen-bond acceptors (Lipinski definition) is 4. The Kier molecular flexibility index (Phi) is 7.15. The average molecular weight is 419 g/mol. The highest BCUT2D eigenvalue weighted by Gasteiger charge is 2.33. The van der Waals surface area contributed by atoms with Crippen molar-refractivity contribution in [1.29, 1.82) is 0 Å². The molecule has 0 aliphatic heterocycles. The van der Waals surface area contributed by atoms with Crippen molar-refractivity contribution in [2.75, 3.05) is 18.1 Å². The van der Waals surface area contributed by atoms with Gasteiger partial charge in [0.25, 0.3) is 0 Å². The molecule has 28 heavy (non-hydrogen) atoms. The van der Waals surface area contributed by atoms with E-state index in [0.717, 1.165) is 37.0 Å². The number of nitrogens with one attached hydrogen (secondary N) is 1. The monoisotopic (exact) mass is 418 g/mol. The fourth-order valence-electron chi connectivity index (χ4n) is 3.59. The minimum atomic E-state index is -3.74. The maximum atomic E-state index is 13.3. The Morgan fingerprint density at radius 3 is 2.36 bits per heavy atom. The van der Waals surface area contributed by atoms with Crippen molar-refractivity contribution in [3.05, 3.63) is 54.6 Å². The number of carbonyl (C=O) groups is 1. The molecule has 1 saturated carbocycles. The molecular weight excluding hydrogens is 392 g/mol. The van der Waals surface area contributed by atoms with Gasteiger partial charge >= 0.3 is 0 Å². The Hall–Kier alpha value is -1.83. The van der Waals surface area contributed by atoms with E-state index in [9.17, 15) is 13.2 Å². The molecule has 5 nitrogen and oxygen atoms in total. The van der Waals surface area contributed by atoms with E-state index in [1.807, 2.05) is 30.5 Å². The summed E-state index contributed by atoms with van der Waals surface area (Å²) in [7, 11) is -3.74. The molecule has 7 heteroatoms. The first kappa shape index (κ1) is 20.9. The fraction of sp³-hybridized carbons (Fsp3) is 0.381. The Labute approximate surface area is 171 Å². The Morgan fingerprint density at radius 1 is 1.04 bits per heavy atom. The van der Waals surface area contributed by atoms with Crippen LogP contribution in [0.4, 0.5) is 5.69 Å². The van der Waals surface area contributed by atoms with Gasteiger partial charge in [-0.2, -0.15) is 4.31 Å². The van der Waals surface area contributed by atoms with Gasteiger partial charge in [0.15, 0.2) is 0 Å². The van der Waals surface area contributed by atoms with Crippen LogP contribution in [-0.4, -0.2) is 37.5 Å². The first-order valence-electron chi connectivity index (χ1n) is 9.52. The molecule has 2 aromatic rings. The second-order valence-corrected chi connectivity index (χ2v) is 9.64. The van der Waals surface area contributed by atoms with Crippen molar-refractivity contribution < 1.29 is 13.2 Å². The number of benzene rings is 2. The summed E-state index contributed by atoms with van der Waals surface area (Å²) < 4.78 is 28.0. The smallest absolute Gasteiger partial charge is 0.243 e. The summed E-state index contributed by atoms with van der Waals surface area (Å²) in [5.41, 5.74) is 0.709. The lowest BCUT2D eigenvalue weighted by molar-refractivity contribution is -0.116. The molecule has 1 aliphatic carbocycles. The van der Waals surface area contributed by atoms with E-state index in [-0.39, 0.29) is 23.4 Å². The van der Waals surface area contributed by atoms with E-state index in [4.69, 9.17) is 0 Å². The Balaban J connectivity index is 1.84. The maximum absolute atomic E-state index is 13.3. The van der Waals surface area contributed by atoms with Crippen LogP contribution in [0.25, 0.3) is 0 Å². The number of para-hydroxylation sites is 1. The zero-order valence-corrected chi connectivity index (χ0v) is 17.6. The van der Waals surface area contributed by atoms with Crippen LogP contribution in [0.3, 0.4) is 0 Å². The van der Waals surface area contributed by atoms with Crippen LogP contribution < -0.4 is 5.32 Å². The van der Waals surface area contributed by atoms with Crippen molar-refractivity contribution in [3.63, 3.8) is 0 Å². The lowest BCUT2D eigenvalue weighted by Gasteiger charge is -2.33. The molecule has 150 valence electrons. The van der Waals surface area contributed by atoms with Crippen LogP contribution in [0.5, 0.6) is 0 Å². The highest BCUT2D eigenvalue weighted by Crippen LogP contribution is 2.28. The predicted molar refractivity (Wildman–Crippen MR) is 114 cm³/mol. The molecule has 1 fully saturated rings. The largest absolute Gasteiger partial charge is 0.324 e. The Bertz CT molecular complexity index is 895. The second-order valence-electron chi connectivity index (χ2n) is 6.90. The third kappa shape index (κ3) is 4.96. The van der Waals surface area contributed by atoms with E-state index in [0.29, 0.717) is 5.69 Å². The molecule has 3 rings (SSSR count). The van der Waals surface area contributed by atoms with Gasteiger partial charge in [-0.3, -0.25) is 4.79 Å². The van der Waals surface area contributed by atoms with E-state index in [1.165, 1.54) is 4.31 Å². The first-order valence-corrected chi connectivity index (χ1v) is 12.2. The number of carbonyl (C=O) groups excluding carboxylic acids is 1. The summed E-state index contributed by atoms with van der Waals surface area (Å²) in [6.45, 7) is -0.176. The first-order chi connectivity index (χ1) is 13.5. The van der Waals surface area contributed by atoms with Crippen LogP contribution in [0.1, 0.15) is 32.1 Å². The molecule has 0 bridgehead atoms. The molecule has 0 aromatic heterocycles. The topological polar surface area (TPSA) is 66.5 Å². The minimum Gasteiger partial charge on any atom is -0.324 e. The molecule has 2 aromatic carbocycles. The molecule has 0 saturated heterocycles. The van der Waals surface area contributed by atoms with Crippen LogP contribution in [0.15, 0.2) is 64.4 Å². The number of rotatable bonds is 7. The van der Waals surface area contributed by atoms with E-state index >= 15 is 0 Å². The van der Waals surface area contributed by atoms with E-state index in [2.05, 4.69) is 5.32 Å². The van der Waals surface area contributed by atoms with Gasteiger partial charge in [-0.25, -0.2) is 8.42 Å². The summed E-state index contributed by atoms with van der Waals surface area (Å²) in [5, 5.41) is 2.89. The van der Waals surface area contributed by atoms with Gasteiger partial charge in [0.2, 0.25) is 15.9 Å². The van der Waals surface area contributed by atoms with Crippen LogP contribution in [-0.2, 0) is 14.8 Å². The summed E-state index contributed by atoms with van der Waals surface area (Å²) in [5.74, 6) is -0.313. The van der Waals surface area contributed by atoms with Gasteiger partial charge in [0.05, 0.1) is 17.1 Å². The molecule has 0 unspecified atom stereocenters. The zero-order chi connectivity index (χ0) is 20.0. The number of nitrogens with zero attached hydrogens (tertiary/aromatic N) is 1. The molecule has 0 atom stereocenters. The van der Waals surface area contributed by atoms with Gasteiger partial charge in [-0.05, 0) is 43.4 Å². The molecule has 1 N–H and O–H groups in total. The fourth-order valence-corrected chi connectivity index (χ4v) is 5.80. The average Bonchev–Trinajstić information content (AvgIpc) is 2.73.